The van der Waals surface area contributed by atoms with Crippen molar-refractivity contribution in [2.45, 2.75) is 96.9 Å². The molecule has 4 rings (SSSR count). The summed E-state index contributed by atoms with van der Waals surface area (Å²) in [4.78, 5) is 11.1. The second kappa shape index (κ2) is 7.49. The lowest BCUT2D eigenvalue weighted by Crippen LogP contribution is -2.62. The molecule has 0 aromatic heterocycles. The summed E-state index contributed by atoms with van der Waals surface area (Å²) in [7, 11) is 0. The van der Waals surface area contributed by atoms with Crippen LogP contribution in [0.1, 0.15) is 78.6 Å². The number of fused-ring (bicyclic) bond motifs is 5. The number of carbonyl (C=O) groups is 1. The maximum atomic E-state index is 11.5. The highest BCUT2D eigenvalue weighted by atomic mass is 16.4. The topological polar surface area (TPSA) is 98.0 Å². The standard InChI is InChI=1S/C24H40O5/c1-13(4-7-21(28)29)16-5-6-17-22-18(12-20(27)24(16,17)3)23(2)9-8-15(25)10-14(23)11-19(22)26/h13-20,22,25-27H,4-12H2,1-3H3,(H,28,29)/t13-,14?,15-,16-,17?,18?,19?,20+,22?,23+,24-/m0/s1. The van der Waals surface area contributed by atoms with Gasteiger partial charge in [0, 0.05) is 6.42 Å². The van der Waals surface area contributed by atoms with Crippen molar-refractivity contribution in [1.29, 1.82) is 0 Å². The number of aliphatic hydroxyl groups excluding tert-OH is 3. The Bertz CT molecular complexity index is 637. The molecule has 4 aliphatic rings. The normalized spacial score (nSPS) is 52.9. The highest BCUT2D eigenvalue weighted by Gasteiger charge is 2.65. The van der Waals surface area contributed by atoms with E-state index in [1.54, 1.807) is 0 Å². The summed E-state index contributed by atoms with van der Waals surface area (Å²) in [6, 6.07) is 0. The third-order valence-electron chi connectivity index (χ3n) is 10.3. The predicted octanol–water partition coefficient (Wildman–Crippen LogP) is 3.45. The van der Waals surface area contributed by atoms with Crippen molar-refractivity contribution in [1.82, 2.24) is 0 Å². The molecule has 4 N–H and O–H groups in total. The molecule has 11 atom stereocenters. The van der Waals surface area contributed by atoms with Crippen LogP contribution in [-0.4, -0.2) is 44.7 Å². The molecule has 5 nitrogen and oxygen atoms in total. The molecule has 5 unspecified atom stereocenters. The minimum atomic E-state index is -0.748. The average molecular weight is 409 g/mol. The fraction of sp³-hybridized carbons (Fsp3) is 0.958. The molecule has 166 valence electrons. The van der Waals surface area contributed by atoms with Crippen molar-refractivity contribution in [2.24, 2.45) is 46.3 Å². The van der Waals surface area contributed by atoms with Crippen LogP contribution in [0.4, 0.5) is 0 Å². The summed E-state index contributed by atoms with van der Waals surface area (Å²) in [5, 5.41) is 42.0. The van der Waals surface area contributed by atoms with Gasteiger partial charge in [0.15, 0.2) is 0 Å². The summed E-state index contributed by atoms with van der Waals surface area (Å²) in [6.07, 6.45) is 6.00. The van der Waals surface area contributed by atoms with Crippen LogP contribution in [0.15, 0.2) is 0 Å². The van der Waals surface area contributed by atoms with Crippen molar-refractivity contribution in [3.63, 3.8) is 0 Å². The lowest BCUT2D eigenvalue weighted by molar-refractivity contribution is -0.207. The molecule has 4 fully saturated rings. The molecule has 0 aromatic rings. The van der Waals surface area contributed by atoms with Gasteiger partial charge in [0.2, 0.25) is 0 Å². The van der Waals surface area contributed by atoms with Crippen molar-refractivity contribution in [3.8, 4) is 0 Å². The van der Waals surface area contributed by atoms with Gasteiger partial charge in [0.1, 0.15) is 0 Å². The molecule has 0 bridgehead atoms. The largest absolute Gasteiger partial charge is 0.481 e. The fourth-order valence-corrected chi connectivity index (χ4v) is 8.68. The van der Waals surface area contributed by atoms with Crippen LogP contribution in [0.5, 0.6) is 0 Å². The Hall–Kier alpha value is -0.650. The van der Waals surface area contributed by atoms with Crippen molar-refractivity contribution in [3.05, 3.63) is 0 Å². The van der Waals surface area contributed by atoms with Gasteiger partial charge in [-0.15, -0.1) is 0 Å². The zero-order chi connectivity index (χ0) is 21.1. The van der Waals surface area contributed by atoms with Gasteiger partial charge in [-0.25, -0.2) is 0 Å². The third-order valence-corrected chi connectivity index (χ3v) is 10.3. The Balaban J connectivity index is 1.61. The highest BCUT2D eigenvalue weighted by Crippen LogP contribution is 2.68. The van der Waals surface area contributed by atoms with Crippen LogP contribution < -0.4 is 0 Å². The van der Waals surface area contributed by atoms with E-state index in [1.165, 1.54) is 0 Å². The fourth-order valence-electron chi connectivity index (χ4n) is 8.68. The van der Waals surface area contributed by atoms with Gasteiger partial charge in [-0.1, -0.05) is 20.8 Å². The lowest BCUT2D eigenvalue weighted by atomic mass is 9.43. The SMILES string of the molecule is C[C@@H](CCC(=O)O)[C@@H]1CCC2C3C(O)CC4C[C@@H](O)CC[C@@]4(C)C3C[C@@H](O)[C@]21C. The van der Waals surface area contributed by atoms with E-state index in [1.807, 2.05) is 0 Å². The van der Waals surface area contributed by atoms with E-state index in [0.29, 0.717) is 30.1 Å². The minimum absolute atomic E-state index is 0.0957. The first kappa shape index (κ1) is 21.6. The van der Waals surface area contributed by atoms with Crippen LogP contribution in [-0.2, 0) is 4.79 Å². The first-order valence-electron chi connectivity index (χ1n) is 11.8. The second-order valence-corrected chi connectivity index (χ2v) is 11.4. The molecule has 0 aromatic carbocycles. The van der Waals surface area contributed by atoms with Gasteiger partial charge in [0.05, 0.1) is 18.3 Å². The molecule has 0 spiro atoms. The number of rotatable bonds is 4. The highest BCUT2D eigenvalue weighted by molar-refractivity contribution is 5.66. The summed E-state index contributed by atoms with van der Waals surface area (Å²) in [5.41, 5.74) is -0.143. The van der Waals surface area contributed by atoms with Crippen LogP contribution in [0.2, 0.25) is 0 Å². The summed E-state index contributed by atoms with van der Waals surface area (Å²) in [5.74, 6) is 0.997. The zero-order valence-electron chi connectivity index (χ0n) is 18.3. The van der Waals surface area contributed by atoms with E-state index in [2.05, 4.69) is 20.8 Å². The Morgan fingerprint density at radius 1 is 1.03 bits per heavy atom. The van der Waals surface area contributed by atoms with Gasteiger partial charge in [0.25, 0.3) is 0 Å². The van der Waals surface area contributed by atoms with Crippen molar-refractivity contribution < 1.29 is 25.2 Å². The van der Waals surface area contributed by atoms with E-state index < -0.39 is 12.1 Å². The summed E-state index contributed by atoms with van der Waals surface area (Å²) < 4.78 is 0. The van der Waals surface area contributed by atoms with E-state index >= 15 is 0 Å². The Labute approximate surface area is 174 Å². The van der Waals surface area contributed by atoms with Crippen LogP contribution in [0.3, 0.4) is 0 Å². The first-order chi connectivity index (χ1) is 13.6. The van der Waals surface area contributed by atoms with Gasteiger partial charge in [-0.3, -0.25) is 4.79 Å². The van der Waals surface area contributed by atoms with E-state index in [-0.39, 0.29) is 41.3 Å². The second-order valence-electron chi connectivity index (χ2n) is 11.4. The predicted molar refractivity (Wildman–Crippen MR) is 110 cm³/mol. The molecule has 4 saturated carbocycles. The van der Waals surface area contributed by atoms with Crippen LogP contribution in [0.25, 0.3) is 0 Å². The number of hydrogen-bond donors (Lipinski definition) is 4. The van der Waals surface area contributed by atoms with Gasteiger partial charge in [-0.05, 0) is 97.7 Å². The van der Waals surface area contributed by atoms with Crippen molar-refractivity contribution in [2.75, 3.05) is 0 Å². The molecular formula is C24H40O5. The van der Waals surface area contributed by atoms with E-state index in [9.17, 15) is 20.1 Å². The monoisotopic (exact) mass is 408 g/mol. The van der Waals surface area contributed by atoms with E-state index in [4.69, 9.17) is 5.11 Å². The molecule has 4 aliphatic carbocycles. The molecule has 0 radical (unpaired) electrons. The van der Waals surface area contributed by atoms with Gasteiger partial charge in [-0.2, -0.15) is 0 Å². The lowest BCUT2D eigenvalue weighted by Gasteiger charge is -2.63. The summed E-state index contributed by atoms with van der Waals surface area (Å²) in [6.45, 7) is 6.72. The average Bonchev–Trinajstić information content (AvgIpc) is 3.01. The maximum absolute atomic E-state index is 11.5. The molecule has 0 aliphatic heterocycles. The number of hydrogen-bond acceptors (Lipinski definition) is 4. The zero-order valence-corrected chi connectivity index (χ0v) is 18.3. The molecule has 0 saturated heterocycles. The minimum Gasteiger partial charge on any atom is -0.481 e. The number of carboxylic acid groups (broad SMARTS) is 1. The summed E-state index contributed by atoms with van der Waals surface area (Å²) >= 11 is 0. The quantitative estimate of drug-likeness (QED) is 0.571. The van der Waals surface area contributed by atoms with Crippen LogP contribution in [0, 0.1) is 46.3 Å². The third kappa shape index (κ3) is 3.27. The Morgan fingerprint density at radius 2 is 1.76 bits per heavy atom. The Kier molecular flexibility index (Phi) is 5.57. The molecular weight excluding hydrogens is 368 g/mol. The van der Waals surface area contributed by atoms with E-state index in [0.717, 1.165) is 44.9 Å². The molecule has 29 heavy (non-hydrogen) atoms. The number of aliphatic carboxylic acids is 1. The Morgan fingerprint density at radius 3 is 2.45 bits per heavy atom. The number of aliphatic hydroxyl groups is 3. The van der Waals surface area contributed by atoms with Gasteiger partial charge < -0.3 is 20.4 Å². The first-order valence-corrected chi connectivity index (χ1v) is 11.8. The van der Waals surface area contributed by atoms with Crippen molar-refractivity contribution >= 4 is 5.97 Å². The molecule has 0 amide bonds. The molecule has 5 heteroatoms. The van der Waals surface area contributed by atoms with Gasteiger partial charge >= 0.3 is 5.97 Å². The number of carboxylic acids is 1. The van der Waals surface area contributed by atoms with Crippen LogP contribution >= 0.6 is 0 Å². The maximum Gasteiger partial charge on any atom is 0.303 e. The smallest absolute Gasteiger partial charge is 0.303 e. The molecule has 0 heterocycles.